The molecular formula is C15H22FN3O4S. The van der Waals surface area contributed by atoms with Crippen molar-refractivity contribution in [1.29, 1.82) is 0 Å². The number of aliphatic hydroxyl groups is 1. The van der Waals surface area contributed by atoms with E-state index >= 15 is 0 Å². The molecule has 9 heteroatoms. The summed E-state index contributed by atoms with van der Waals surface area (Å²) in [6.45, 7) is 1.72. The number of likely N-dealkylation sites (tertiary alicyclic amines) is 1. The van der Waals surface area contributed by atoms with Gasteiger partial charge in [0.05, 0.1) is 17.1 Å². The molecule has 1 fully saturated rings. The van der Waals surface area contributed by atoms with E-state index in [-0.39, 0.29) is 29.7 Å². The van der Waals surface area contributed by atoms with Crippen LogP contribution >= 0.6 is 0 Å². The number of hydrogen-bond donors (Lipinski definition) is 3. The van der Waals surface area contributed by atoms with Crippen LogP contribution in [0.3, 0.4) is 0 Å². The van der Waals surface area contributed by atoms with E-state index in [4.69, 9.17) is 5.14 Å². The van der Waals surface area contributed by atoms with Gasteiger partial charge in [-0.05, 0) is 37.6 Å². The van der Waals surface area contributed by atoms with Crippen LogP contribution in [0.25, 0.3) is 0 Å². The Balaban J connectivity index is 1.97. The van der Waals surface area contributed by atoms with Crippen LogP contribution in [0.4, 0.5) is 4.39 Å². The third kappa shape index (κ3) is 4.73. The molecule has 1 atom stereocenters. The number of carbonyl (C=O) groups excluding carboxylic acids is 1. The van der Waals surface area contributed by atoms with Crippen LogP contribution in [-0.2, 0) is 10.0 Å². The molecule has 2 rings (SSSR count). The Morgan fingerprint density at radius 1 is 1.42 bits per heavy atom. The first-order chi connectivity index (χ1) is 11.3. The van der Waals surface area contributed by atoms with E-state index in [1.807, 2.05) is 0 Å². The van der Waals surface area contributed by atoms with Gasteiger partial charge in [-0.1, -0.05) is 6.42 Å². The summed E-state index contributed by atoms with van der Waals surface area (Å²) in [4.78, 5) is 13.9. The molecule has 1 amide bonds. The van der Waals surface area contributed by atoms with Crippen LogP contribution in [0, 0.1) is 5.82 Å². The second kappa shape index (κ2) is 8.02. The quantitative estimate of drug-likeness (QED) is 0.664. The molecule has 0 unspecified atom stereocenters. The van der Waals surface area contributed by atoms with E-state index in [1.54, 1.807) is 0 Å². The first-order valence-electron chi connectivity index (χ1n) is 7.78. The van der Waals surface area contributed by atoms with Crippen LogP contribution in [-0.4, -0.2) is 56.6 Å². The SMILES string of the molecule is NS(=O)(=O)c1ccc(F)c(C(=O)NCCN2CCCC[C@H]2CO)c1. The highest BCUT2D eigenvalue weighted by Crippen LogP contribution is 2.16. The van der Waals surface area contributed by atoms with Gasteiger partial charge in [-0.25, -0.2) is 17.9 Å². The maximum Gasteiger partial charge on any atom is 0.254 e. The second-order valence-corrected chi connectivity index (χ2v) is 7.37. The van der Waals surface area contributed by atoms with Gasteiger partial charge in [0.1, 0.15) is 5.82 Å². The zero-order valence-corrected chi connectivity index (χ0v) is 14.1. The first kappa shape index (κ1) is 18.8. The lowest BCUT2D eigenvalue weighted by molar-refractivity contribution is 0.0847. The fourth-order valence-electron chi connectivity index (χ4n) is 2.82. The molecule has 1 aromatic carbocycles. The Morgan fingerprint density at radius 3 is 2.83 bits per heavy atom. The standard InChI is InChI=1S/C15H22FN3O4S/c16-14-5-4-12(24(17,22)23)9-13(14)15(21)18-6-8-19-7-2-1-3-11(19)10-20/h4-5,9,11,20H,1-3,6-8,10H2,(H,18,21)(H2,17,22,23)/t11-/m0/s1. The van der Waals surface area contributed by atoms with Crippen molar-refractivity contribution in [1.82, 2.24) is 10.2 Å². The molecule has 0 radical (unpaired) electrons. The van der Waals surface area contributed by atoms with E-state index in [9.17, 15) is 22.7 Å². The lowest BCUT2D eigenvalue weighted by Crippen LogP contribution is -2.45. The van der Waals surface area contributed by atoms with Crippen LogP contribution in [0.1, 0.15) is 29.6 Å². The lowest BCUT2D eigenvalue weighted by atomic mass is 10.0. The van der Waals surface area contributed by atoms with Crippen LogP contribution in [0.2, 0.25) is 0 Å². The smallest absolute Gasteiger partial charge is 0.254 e. The van der Waals surface area contributed by atoms with Crippen molar-refractivity contribution in [2.24, 2.45) is 5.14 Å². The summed E-state index contributed by atoms with van der Waals surface area (Å²) in [5.74, 6) is -1.51. The molecule has 4 N–H and O–H groups in total. The summed E-state index contributed by atoms with van der Waals surface area (Å²) in [6.07, 6.45) is 3.02. The summed E-state index contributed by atoms with van der Waals surface area (Å²) >= 11 is 0. The molecule has 24 heavy (non-hydrogen) atoms. The first-order valence-corrected chi connectivity index (χ1v) is 9.33. The van der Waals surface area contributed by atoms with E-state index < -0.39 is 21.7 Å². The van der Waals surface area contributed by atoms with Gasteiger partial charge in [0.15, 0.2) is 0 Å². The molecule has 1 aromatic rings. The molecule has 1 aliphatic heterocycles. The summed E-state index contributed by atoms with van der Waals surface area (Å²) in [5, 5.41) is 16.9. The molecule has 0 saturated carbocycles. The molecule has 1 heterocycles. The molecule has 1 aliphatic rings. The van der Waals surface area contributed by atoms with Crippen molar-refractivity contribution < 1.29 is 22.7 Å². The van der Waals surface area contributed by atoms with Crippen molar-refractivity contribution in [3.63, 3.8) is 0 Å². The highest BCUT2D eigenvalue weighted by atomic mass is 32.2. The van der Waals surface area contributed by atoms with Crippen molar-refractivity contribution in [3.8, 4) is 0 Å². The topological polar surface area (TPSA) is 113 Å². The monoisotopic (exact) mass is 359 g/mol. The Kier molecular flexibility index (Phi) is 6.27. The fraction of sp³-hybridized carbons (Fsp3) is 0.533. The minimum atomic E-state index is -4.01. The van der Waals surface area contributed by atoms with E-state index in [0.29, 0.717) is 6.54 Å². The number of nitrogens with two attached hydrogens (primary N) is 1. The van der Waals surface area contributed by atoms with Gasteiger partial charge in [-0.2, -0.15) is 0 Å². The highest BCUT2D eigenvalue weighted by Gasteiger charge is 2.22. The number of hydrogen-bond acceptors (Lipinski definition) is 5. The van der Waals surface area contributed by atoms with Gasteiger partial charge in [0, 0.05) is 19.1 Å². The average Bonchev–Trinajstić information content (AvgIpc) is 2.54. The number of nitrogens with zero attached hydrogens (tertiary/aromatic N) is 1. The van der Waals surface area contributed by atoms with Gasteiger partial charge in [-0.15, -0.1) is 0 Å². The van der Waals surface area contributed by atoms with Crippen LogP contribution in [0.5, 0.6) is 0 Å². The molecule has 0 aliphatic carbocycles. The molecule has 7 nitrogen and oxygen atoms in total. The predicted molar refractivity (Wildman–Crippen MR) is 86.4 cm³/mol. The van der Waals surface area contributed by atoms with E-state index in [1.165, 1.54) is 0 Å². The number of halogens is 1. The average molecular weight is 359 g/mol. The molecular weight excluding hydrogens is 337 g/mol. The summed E-state index contributed by atoms with van der Waals surface area (Å²) in [5.41, 5.74) is -0.362. The van der Waals surface area contributed by atoms with Gasteiger partial charge in [0.2, 0.25) is 10.0 Å². The summed E-state index contributed by atoms with van der Waals surface area (Å²) in [6, 6.07) is 2.93. The number of aliphatic hydroxyl groups excluding tert-OH is 1. The molecule has 0 bridgehead atoms. The Hall–Kier alpha value is -1.55. The molecule has 0 spiro atoms. The predicted octanol–water partition coefficient (Wildman–Crippen LogP) is 0.0497. The number of primary sulfonamides is 1. The number of benzene rings is 1. The van der Waals surface area contributed by atoms with Crippen molar-refractivity contribution in [2.75, 3.05) is 26.2 Å². The normalized spacial score (nSPS) is 19.2. The molecule has 1 saturated heterocycles. The number of rotatable bonds is 6. The molecule has 0 aromatic heterocycles. The summed E-state index contributed by atoms with van der Waals surface area (Å²) in [7, 11) is -4.01. The number of amides is 1. The maximum atomic E-state index is 13.8. The van der Waals surface area contributed by atoms with Crippen molar-refractivity contribution >= 4 is 15.9 Å². The minimum absolute atomic E-state index is 0.0684. The van der Waals surface area contributed by atoms with Crippen LogP contribution < -0.4 is 10.5 Å². The Morgan fingerprint density at radius 2 is 2.17 bits per heavy atom. The maximum absolute atomic E-state index is 13.8. The number of carbonyl (C=O) groups is 1. The second-order valence-electron chi connectivity index (χ2n) is 5.81. The van der Waals surface area contributed by atoms with Crippen molar-refractivity contribution in [2.45, 2.75) is 30.2 Å². The zero-order chi connectivity index (χ0) is 17.7. The van der Waals surface area contributed by atoms with Gasteiger partial charge >= 0.3 is 0 Å². The van der Waals surface area contributed by atoms with Crippen LogP contribution in [0.15, 0.2) is 23.1 Å². The largest absolute Gasteiger partial charge is 0.395 e. The zero-order valence-electron chi connectivity index (χ0n) is 13.2. The number of nitrogens with one attached hydrogen (secondary N) is 1. The lowest BCUT2D eigenvalue weighted by Gasteiger charge is -2.34. The van der Waals surface area contributed by atoms with E-state index in [0.717, 1.165) is 44.0 Å². The Labute approximate surface area is 140 Å². The van der Waals surface area contributed by atoms with Crippen molar-refractivity contribution in [3.05, 3.63) is 29.6 Å². The third-order valence-electron chi connectivity index (χ3n) is 4.16. The minimum Gasteiger partial charge on any atom is -0.395 e. The number of piperidine rings is 1. The van der Waals surface area contributed by atoms with Gasteiger partial charge < -0.3 is 10.4 Å². The molecule has 134 valence electrons. The van der Waals surface area contributed by atoms with E-state index in [2.05, 4.69) is 10.2 Å². The fourth-order valence-corrected chi connectivity index (χ4v) is 3.36. The third-order valence-corrected chi connectivity index (χ3v) is 5.07. The summed E-state index contributed by atoms with van der Waals surface area (Å²) < 4.78 is 36.4. The van der Waals surface area contributed by atoms with Gasteiger partial charge in [-0.3, -0.25) is 9.69 Å². The van der Waals surface area contributed by atoms with Gasteiger partial charge in [0.25, 0.3) is 5.91 Å². The highest BCUT2D eigenvalue weighted by molar-refractivity contribution is 7.89. The Bertz CT molecular complexity index is 696. The number of sulfonamides is 1.